The third-order valence-corrected chi connectivity index (χ3v) is 4.99. The maximum Gasteiger partial charge on any atom is 0.0471 e. The minimum Gasteiger partial charge on any atom is -0.381 e. The SMILES string of the molecule is CC1(c2ccc(C3CCOCC3)c(Cl)c2)CCCN1. The number of hydrogen-bond donors (Lipinski definition) is 1. The largest absolute Gasteiger partial charge is 0.381 e. The van der Waals surface area contributed by atoms with Gasteiger partial charge in [-0.15, -0.1) is 0 Å². The van der Waals surface area contributed by atoms with Crippen LogP contribution >= 0.6 is 11.6 Å². The number of halogens is 1. The summed E-state index contributed by atoms with van der Waals surface area (Å²) in [4.78, 5) is 0. The van der Waals surface area contributed by atoms with Crippen LogP contribution in [0, 0.1) is 0 Å². The molecule has 0 amide bonds. The molecule has 0 aromatic heterocycles. The van der Waals surface area contributed by atoms with Gasteiger partial charge in [0.2, 0.25) is 0 Å². The van der Waals surface area contributed by atoms with Crippen molar-refractivity contribution in [3.8, 4) is 0 Å². The van der Waals surface area contributed by atoms with E-state index < -0.39 is 0 Å². The summed E-state index contributed by atoms with van der Waals surface area (Å²) < 4.78 is 5.43. The fraction of sp³-hybridized carbons (Fsp3) is 0.625. The lowest BCUT2D eigenvalue weighted by atomic mass is 9.86. The second-order valence-corrected chi connectivity index (χ2v) is 6.39. The first-order valence-corrected chi connectivity index (χ1v) is 7.69. The molecule has 0 aliphatic carbocycles. The van der Waals surface area contributed by atoms with Crippen molar-refractivity contribution in [3.05, 3.63) is 34.3 Å². The molecule has 1 aromatic rings. The van der Waals surface area contributed by atoms with Crippen LogP contribution in [0.25, 0.3) is 0 Å². The van der Waals surface area contributed by atoms with Crippen LogP contribution in [-0.2, 0) is 10.3 Å². The second kappa shape index (κ2) is 5.43. The Kier molecular flexibility index (Phi) is 3.84. The molecule has 2 heterocycles. The molecule has 2 nitrogen and oxygen atoms in total. The van der Waals surface area contributed by atoms with E-state index in [1.54, 1.807) is 0 Å². The minimum atomic E-state index is 0.109. The van der Waals surface area contributed by atoms with Crippen molar-refractivity contribution < 1.29 is 4.74 Å². The Morgan fingerprint density at radius 2 is 2.11 bits per heavy atom. The maximum absolute atomic E-state index is 6.53. The van der Waals surface area contributed by atoms with Crippen LogP contribution < -0.4 is 5.32 Å². The number of benzene rings is 1. The maximum atomic E-state index is 6.53. The molecule has 2 saturated heterocycles. The lowest BCUT2D eigenvalue weighted by Crippen LogP contribution is -2.33. The zero-order valence-electron chi connectivity index (χ0n) is 11.5. The molecule has 1 unspecified atom stereocenters. The summed E-state index contributed by atoms with van der Waals surface area (Å²) in [7, 11) is 0. The van der Waals surface area contributed by atoms with Crippen LogP contribution in [0.2, 0.25) is 5.02 Å². The van der Waals surface area contributed by atoms with E-state index in [-0.39, 0.29) is 5.54 Å². The smallest absolute Gasteiger partial charge is 0.0471 e. The van der Waals surface area contributed by atoms with E-state index in [0.717, 1.165) is 37.6 Å². The van der Waals surface area contributed by atoms with Crippen molar-refractivity contribution in [1.82, 2.24) is 5.32 Å². The zero-order chi connectivity index (χ0) is 13.3. The number of ether oxygens (including phenoxy) is 1. The van der Waals surface area contributed by atoms with E-state index in [1.165, 1.54) is 24.0 Å². The molecule has 0 radical (unpaired) electrons. The Bertz CT molecular complexity index is 448. The van der Waals surface area contributed by atoms with Gasteiger partial charge in [0.1, 0.15) is 0 Å². The molecular formula is C16H22ClNO. The highest BCUT2D eigenvalue weighted by Crippen LogP contribution is 2.37. The fourth-order valence-electron chi connectivity index (χ4n) is 3.35. The normalized spacial score (nSPS) is 28.7. The third-order valence-electron chi connectivity index (χ3n) is 4.67. The highest BCUT2D eigenvalue weighted by Gasteiger charge is 2.30. The van der Waals surface area contributed by atoms with Gasteiger partial charge < -0.3 is 10.1 Å². The second-order valence-electron chi connectivity index (χ2n) is 5.99. The molecule has 2 aliphatic rings. The summed E-state index contributed by atoms with van der Waals surface area (Å²) in [5.41, 5.74) is 2.74. The van der Waals surface area contributed by atoms with Gasteiger partial charge in [0.05, 0.1) is 0 Å². The molecule has 2 fully saturated rings. The van der Waals surface area contributed by atoms with Crippen LogP contribution in [-0.4, -0.2) is 19.8 Å². The van der Waals surface area contributed by atoms with Crippen molar-refractivity contribution in [1.29, 1.82) is 0 Å². The molecule has 1 N–H and O–H groups in total. The summed E-state index contributed by atoms with van der Waals surface area (Å²) in [6, 6.07) is 6.67. The summed E-state index contributed by atoms with van der Waals surface area (Å²) in [6.07, 6.45) is 4.62. The van der Waals surface area contributed by atoms with Crippen LogP contribution in [0.5, 0.6) is 0 Å². The lowest BCUT2D eigenvalue weighted by molar-refractivity contribution is 0.0853. The monoisotopic (exact) mass is 279 g/mol. The topological polar surface area (TPSA) is 21.3 Å². The number of nitrogens with one attached hydrogen (secondary N) is 1. The van der Waals surface area contributed by atoms with Crippen LogP contribution in [0.3, 0.4) is 0 Å². The van der Waals surface area contributed by atoms with Crippen molar-refractivity contribution in [2.45, 2.75) is 44.1 Å². The van der Waals surface area contributed by atoms with Crippen molar-refractivity contribution in [2.75, 3.05) is 19.8 Å². The first kappa shape index (κ1) is 13.4. The van der Waals surface area contributed by atoms with E-state index in [0.29, 0.717) is 5.92 Å². The Labute approximate surface area is 120 Å². The Morgan fingerprint density at radius 1 is 1.32 bits per heavy atom. The molecular weight excluding hydrogens is 258 g/mol. The summed E-state index contributed by atoms with van der Waals surface area (Å²) >= 11 is 6.53. The summed E-state index contributed by atoms with van der Waals surface area (Å²) in [6.45, 7) is 5.11. The van der Waals surface area contributed by atoms with Gasteiger partial charge >= 0.3 is 0 Å². The predicted octanol–water partition coefficient (Wildman–Crippen LogP) is 3.83. The highest BCUT2D eigenvalue weighted by atomic mass is 35.5. The first-order chi connectivity index (χ1) is 9.19. The molecule has 104 valence electrons. The van der Waals surface area contributed by atoms with Crippen LogP contribution in [0.4, 0.5) is 0 Å². The number of rotatable bonds is 2. The van der Waals surface area contributed by atoms with Crippen LogP contribution in [0.1, 0.15) is 49.7 Å². The average Bonchev–Trinajstić information content (AvgIpc) is 2.88. The third kappa shape index (κ3) is 2.67. The van der Waals surface area contributed by atoms with Gasteiger partial charge in [0, 0.05) is 23.8 Å². The van der Waals surface area contributed by atoms with Crippen molar-refractivity contribution in [3.63, 3.8) is 0 Å². The predicted molar refractivity (Wildman–Crippen MR) is 78.8 cm³/mol. The molecule has 1 aromatic carbocycles. The van der Waals surface area contributed by atoms with Gasteiger partial charge in [-0.25, -0.2) is 0 Å². The highest BCUT2D eigenvalue weighted by molar-refractivity contribution is 6.31. The molecule has 2 aliphatic heterocycles. The molecule has 0 bridgehead atoms. The van der Waals surface area contributed by atoms with Gasteiger partial charge in [-0.3, -0.25) is 0 Å². The van der Waals surface area contributed by atoms with Gasteiger partial charge in [-0.1, -0.05) is 23.7 Å². The molecule has 3 heteroatoms. The molecule has 0 spiro atoms. The molecule has 3 rings (SSSR count). The average molecular weight is 280 g/mol. The van der Waals surface area contributed by atoms with E-state index in [4.69, 9.17) is 16.3 Å². The van der Waals surface area contributed by atoms with Crippen LogP contribution in [0.15, 0.2) is 18.2 Å². The summed E-state index contributed by atoms with van der Waals surface area (Å²) in [5.74, 6) is 0.569. The lowest BCUT2D eigenvalue weighted by Gasteiger charge is -2.28. The molecule has 0 saturated carbocycles. The first-order valence-electron chi connectivity index (χ1n) is 7.32. The van der Waals surface area contributed by atoms with Gasteiger partial charge in [-0.05, 0) is 62.3 Å². The quantitative estimate of drug-likeness (QED) is 0.888. The van der Waals surface area contributed by atoms with Gasteiger partial charge in [0.15, 0.2) is 0 Å². The Hall–Kier alpha value is -0.570. The van der Waals surface area contributed by atoms with E-state index in [2.05, 4.69) is 30.4 Å². The Morgan fingerprint density at radius 3 is 2.74 bits per heavy atom. The molecule has 19 heavy (non-hydrogen) atoms. The summed E-state index contributed by atoms with van der Waals surface area (Å²) in [5, 5.41) is 4.53. The van der Waals surface area contributed by atoms with Crippen molar-refractivity contribution in [2.24, 2.45) is 0 Å². The minimum absolute atomic E-state index is 0.109. The van der Waals surface area contributed by atoms with E-state index in [9.17, 15) is 0 Å². The Balaban J connectivity index is 1.85. The van der Waals surface area contributed by atoms with Gasteiger partial charge in [-0.2, -0.15) is 0 Å². The molecule has 1 atom stereocenters. The zero-order valence-corrected chi connectivity index (χ0v) is 12.3. The standard InChI is InChI=1S/C16H22ClNO/c1-16(7-2-8-18-16)13-3-4-14(15(17)11-13)12-5-9-19-10-6-12/h3-4,11-12,18H,2,5-10H2,1H3. The van der Waals surface area contributed by atoms with E-state index >= 15 is 0 Å². The van der Waals surface area contributed by atoms with Crippen molar-refractivity contribution >= 4 is 11.6 Å². The van der Waals surface area contributed by atoms with Gasteiger partial charge in [0.25, 0.3) is 0 Å². The van der Waals surface area contributed by atoms with E-state index in [1.807, 2.05) is 0 Å². The fourth-order valence-corrected chi connectivity index (χ4v) is 3.69. The number of hydrogen-bond acceptors (Lipinski definition) is 2.